The molecule has 0 spiro atoms. The van der Waals surface area contributed by atoms with Gasteiger partial charge in [0.2, 0.25) is 0 Å². The first-order chi connectivity index (χ1) is 13.4. The van der Waals surface area contributed by atoms with Crippen molar-refractivity contribution in [3.05, 3.63) is 77.4 Å². The highest BCUT2D eigenvalue weighted by Gasteiger charge is 2.31. The van der Waals surface area contributed by atoms with Crippen LogP contribution >= 0.6 is 11.9 Å². The monoisotopic (exact) mass is 374 g/mol. The minimum Gasteiger partial charge on any atom is -0.283 e. The zero-order valence-corrected chi connectivity index (χ0v) is 15.4. The lowest BCUT2D eigenvalue weighted by Gasteiger charge is -2.24. The maximum Gasteiger partial charge on any atom is 0.104 e. The van der Waals surface area contributed by atoms with Crippen molar-refractivity contribution in [1.82, 2.24) is 5.43 Å². The van der Waals surface area contributed by atoms with Crippen LogP contribution in [-0.4, -0.2) is 0 Å². The van der Waals surface area contributed by atoms with Crippen molar-refractivity contribution in [3.8, 4) is 0 Å². The van der Waals surface area contributed by atoms with Gasteiger partial charge in [-0.3, -0.25) is 19.6 Å². The van der Waals surface area contributed by atoms with Crippen molar-refractivity contribution >= 4 is 40.4 Å². The van der Waals surface area contributed by atoms with Crippen LogP contribution in [-0.2, 0) is 23.7 Å². The fourth-order valence-corrected chi connectivity index (χ4v) is 5.22. The highest BCUT2D eigenvalue weighted by atomic mass is 32.2. The zero-order valence-electron chi connectivity index (χ0n) is 14.6. The molecule has 134 valence electrons. The molecule has 6 rings (SSSR count). The highest BCUT2D eigenvalue weighted by molar-refractivity contribution is 8.00. The number of fused-ring (bicyclic) bond motifs is 3. The Morgan fingerprint density at radius 3 is 2.56 bits per heavy atom. The molecule has 6 heteroatoms. The molecule has 0 amide bonds. The Kier molecular flexibility index (Phi) is 3.38. The summed E-state index contributed by atoms with van der Waals surface area (Å²) >= 11 is 1.84. The summed E-state index contributed by atoms with van der Waals surface area (Å²) in [5.41, 5.74) is 16.4. The quantitative estimate of drug-likeness (QED) is 0.615. The fraction of sp³-hybridized carbons (Fsp3) is 0.143. The van der Waals surface area contributed by atoms with Crippen LogP contribution < -0.4 is 20.2 Å². The Balaban J connectivity index is 1.44. The lowest BCUT2D eigenvalue weighted by atomic mass is 10.1. The molecule has 3 aliphatic heterocycles. The zero-order chi connectivity index (χ0) is 17.8. The second-order valence-electron chi connectivity index (χ2n) is 6.84. The number of hydrogen-bond donors (Lipinski definition) is 2. The van der Waals surface area contributed by atoms with Crippen molar-refractivity contribution in [3.63, 3.8) is 0 Å². The molecule has 2 N–H and O–H groups in total. The number of hydrazine groups is 1. The lowest BCUT2D eigenvalue weighted by molar-refractivity contribution is 0.202. The van der Waals surface area contributed by atoms with Crippen LogP contribution in [0.3, 0.4) is 0 Å². The van der Waals surface area contributed by atoms with Gasteiger partial charge >= 0.3 is 0 Å². The third-order valence-corrected chi connectivity index (χ3v) is 6.42. The van der Waals surface area contributed by atoms with Gasteiger partial charge in [0.1, 0.15) is 6.61 Å². The van der Waals surface area contributed by atoms with Crippen molar-refractivity contribution in [2.45, 2.75) is 18.9 Å². The fourth-order valence-electron chi connectivity index (χ4n) is 4.05. The molecule has 27 heavy (non-hydrogen) atoms. The minimum absolute atomic E-state index is 0.596. The number of benzene rings is 3. The van der Waals surface area contributed by atoms with E-state index in [1.54, 1.807) is 0 Å². The summed E-state index contributed by atoms with van der Waals surface area (Å²) in [4.78, 5) is 5.44. The van der Waals surface area contributed by atoms with Crippen LogP contribution in [0, 0.1) is 0 Å². The van der Waals surface area contributed by atoms with Crippen molar-refractivity contribution < 1.29 is 4.84 Å². The minimum atomic E-state index is 0.596. The van der Waals surface area contributed by atoms with E-state index in [0.717, 1.165) is 18.0 Å². The molecule has 0 saturated carbocycles. The van der Waals surface area contributed by atoms with Gasteiger partial charge in [-0.1, -0.05) is 30.3 Å². The third kappa shape index (κ3) is 2.27. The van der Waals surface area contributed by atoms with E-state index in [0.29, 0.717) is 6.61 Å². The molecular formula is C21H18N4OS. The molecule has 0 aromatic heterocycles. The highest BCUT2D eigenvalue weighted by Crippen LogP contribution is 2.50. The smallest absolute Gasteiger partial charge is 0.104 e. The molecule has 3 heterocycles. The van der Waals surface area contributed by atoms with Crippen LogP contribution in [0.1, 0.15) is 16.7 Å². The molecule has 0 aliphatic carbocycles. The Bertz CT molecular complexity index is 1050. The number of anilines is 5. The first-order valence-corrected chi connectivity index (χ1v) is 10.0. The normalized spacial score (nSPS) is 16.9. The number of para-hydroxylation sites is 1. The summed E-state index contributed by atoms with van der Waals surface area (Å²) in [5, 5.41) is 2.23. The molecule has 3 aromatic rings. The molecule has 0 unspecified atom stereocenters. The average Bonchev–Trinajstić information content (AvgIpc) is 3.44. The van der Waals surface area contributed by atoms with Gasteiger partial charge in [0.25, 0.3) is 0 Å². The van der Waals surface area contributed by atoms with Crippen LogP contribution in [0.15, 0.2) is 60.7 Å². The van der Waals surface area contributed by atoms with Crippen LogP contribution in [0.2, 0.25) is 0 Å². The van der Waals surface area contributed by atoms with E-state index in [4.69, 9.17) is 4.84 Å². The molecule has 0 saturated heterocycles. The van der Waals surface area contributed by atoms with Gasteiger partial charge in [0.05, 0.1) is 28.4 Å². The van der Waals surface area contributed by atoms with E-state index < -0.39 is 0 Å². The predicted octanol–water partition coefficient (Wildman–Crippen LogP) is 5.00. The summed E-state index contributed by atoms with van der Waals surface area (Å²) in [6.07, 6.45) is 0. The third-order valence-electron chi connectivity index (χ3n) is 5.35. The van der Waals surface area contributed by atoms with Gasteiger partial charge in [0.15, 0.2) is 0 Å². The summed E-state index contributed by atoms with van der Waals surface area (Å²) in [5.74, 6) is 0.948. The summed E-state index contributed by atoms with van der Waals surface area (Å²) < 4.78 is 2.34. The van der Waals surface area contributed by atoms with E-state index in [1.165, 1.54) is 39.4 Å². The first kappa shape index (κ1) is 15.4. The van der Waals surface area contributed by atoms with Crippen molar-refractivity contribution in [1.29, 1.82) is 0 Å². The van der Waals surface area contributed by atoms with E-state index in [1.807, 2.05) is 11.9 Å². The first-order valence-electron chi connectivity index (χ1n) is 9.06. The standard InChI is InChI=1S/C21H18N4OS/c1-2-7-18-14(5-1)11-22-24(18)19-8-4-10-21-16(19)13-27-25(21)20-9-3-6-17-15(20)12-26-23-17/h1-10,22-23H,11-13H2. The van der Waals surface area contributed by atoms with E-state index in [2.05, 4.69) is 80.9 Å². The summed E-state index contributed by atoms with van der Waals surface area (Å²) in [7, 11) is 0. The maximum atomic E-state index is 5.44. The Hall–Kier alpha value is -2.67. The van der Waals surface area contributed by atoms with Gasteiger partial charge < -0.3 is 0 Å². The number of rotatable bonds is 2. The van der Waals surface area contributed by atoms with Gasteiger partial charge in [-0.2, -0.15) is 0 Å². The average molecular weight is 374 g/mol. The van der Waals surface area contributed by atoms with Gasteiger partial charge in [-0.25, -0.2) is 5.43 Å². The van der Waals surface area contributed by atoms with Gasteiger partial charge in [0, 0.05) is 23.4 Å². The van der Waals surface area contributed by atoms with E-state index in [-0.39, 0.29) is 0 Å². The number of nitrogens with zero attached hydrogens (tertiary/aromatic N) is 2. The summed E-state index contributed by atoms with van der Waals surface area (Å²) in [6.45, 7) is 1.46. The lowest BCUT2D eigenvalue weighted by Crippen LogP contribution is -2.27. The predicted molar refractivity (Wildman–Crippen MR) is 110 cm³/mol. The maximum absolute atomic E-state index is 5.44. The summed E-state index contributed by atoms with van der Waals surface area (Å²) in [6, 6.07) is 21.5. The van der Waals surface area contributed by atoms with E-state index in [9.17, 15) is 0 Å². The molecule has 3 aromatic carbocycles. The van der Waals surface area contributed by atoms with Crippen molar-refractivity contribution in [2.24, 2.45) is 0 Å². The van der Waals surface area contributed by atoms with Crippen LogP contribution in [0.5, 0.6) is 0 Å². The Morgan fingerprint density at radius 1 is 0.815 bits per heavy atom. The molecule has 0 fully saturated rings. The Morgan fingerprint density at radius 2 is 1.59 bits per heavy atom. The van der Waals surface area contributed by atoms with Crippen LogP contribution in [0.25, 0.3) is 0 Å². The molecule has 5 nitrogen and oxygen atoms in total. The van der Waals surface area contributed by atoms with Crippen LogP contribution in [0.4, 0.5) is 28.4 Å². The topological polar surface area (TPSA) is 39.8 Å². The number of nitrogens with one attached hydrogen (secondary N) is 2. The van der Waals surface area contributed by atoms with Crippen molar-refractivity contribution in [2.75, 3.05) is 14.8 Å². The molecule has 0 radical (unpaired) electrons. The SMILES string of the molecule is c1ccc2c(c1)CNN2c1cccc2c1CSN2c1cccc2c1CON2. The number of hydrogen-bond acceptors (Lipinski definition) is 6. The largest absolute Gasteiger partial charge is 0.283 e. The van der Waals surface area contributed by atoms with Gasteiger partial charge in [-0.05, 0) is 47.8 Å². The molecule has 0 atom stereocenters. The second kappa shape index (κ2) is 5.92. The second-order valence-corrected chi connectivity index (χ2v) is 7.75. The van der Waals surface area contributed by atoms with E-state index >= 15 is 0 Å². The Labute approximate surface area is 162 Å². The molecule has 3 aliphatic rings. The molecular weight excluding hydrogens is 356 g/mol. The molecule has 0 bridgehead atoms. The van der Waals surface area contributed by atoms with Gasteiger partial charge in [-0.15, -0.1) is 0 Å².